The molecule has 7 nitrogen and oxygen atoms in total. The monoisotopic (exact) mass is 424 g/mol. The van der Waals surface area contributed by atoms with Gasteiger partial charge in [0.05, 0.1) is 23.8 Å². The lowest BCUT2D eigenvalue weighted by molar-refractivity contribution is -0.133. The van der Waals surface area contributed by atoms with Crippen LogP contribution in [-0.2, 0) is 17.8 Å². The van der Waals surface area contributed by atoms with Crippen LogP contribution in [0.15, 0.2) is 29.1 Å². The van der Waals surface area contributed by atoms with Crippen molar-refractivity contribution in [2.75, 3.05) is 13.1 Å². The molecule has 1 aliphatic carbocycles. The second-order valence-corrected chi connectivity index (χ2v) is 8.68. The summed E-state index contributed by atoms with van der Waals surface area (Å²) in [5, 5.41) is 0. The van der Waals surface area contributed by atoms with Crippen molar-refractivity contribution in [1.29, 1.82) is 0 Å². The number of hydrogen-bond acceptors (Lipinski definition) is 4. The highest BCUT2D eigenvalue weighted by atomic mass is 19.1. The van der Waals surface area contributed by atoms with Crippen LogP contribution in [0.1, 0.15) is 65.6 Å². The number of nitrogens with zero attached hydrogens (tertiary/aromatic N) is 3. The number of amides is 2. The Labute approximate surface area is 179 Å². The van der Waals surface area contributed by atoms with Crippen LogP contribution in [0.4, 0.5) is 4.39 Å². The molecule has 0 radical (unpaired) electrons. The number of carbonyl (C=O) groups excluding carboxylic acids is 2. The van der Waals surface area contributed by atoms with E-state index in [4.69, 9.17) is 4.98 Å². The molecular formula is C23H25FN4O3. The minimum atomic E-state index is -0.454. The number of likely N-dealkylation sites (tertiary alicyclic amines) is 1. The first-order valence-electron chi connectivity index (χ1n) is 11.0. The fourth-order valence-electron chi connectivity index (χ4n) is 4.62. The number of halogens is 1. The smallest absolute Gasteiger partial charge is 0.256 e. The number of benzene rings is 1. The Morgan fingerprint density at radius 1 is 1.13 bits per heavy atom. The lowest BCUT2D eigenvalue weighted by Crippen LogP contribution is -2.43. The fourth-order valence-corrected chi connectivity index (χ4v) is 4.62. The fraction of sp³-hybridized carbons (Fsp3) is 0.478. The van der Waals surface area contributed by atoms with Crippen LogP contribution in [0.5, 0.6) is 0 Å². The quantitative estimate of drug-likeness (QED) is 0.821. The number of carbonyl (C=O) groups is 2. The number of fused-ring (bicyclic) bond motifs is 1. The van der Waals surface area contributed by atoms with Crippen molar-refractivity contribution in [3.8, 4) is 0 Å². The van der Waals surface area contributed by atoms with Gasteiger partial charge in [-0.25, -0.2) is 9.37 Å². The van der Waals surface area contributed by atoms with Crippen molar-refractivity contribution in [2.45, 2.75) is 51.1 Å². The van der Waals surface area contributed by atoms with Gasteiger partial charge in [0.1, 0.15) is 11.6 Å². The van der Waals surface area contributed by atoms with Gasteiger partial charge in [0, 0.05) is 31.0 Å². The Bertz CT molecular complexity index is 1090. The Hall–Kier alpha value is -3.03. The van der Waals surface area contributed by atoms with Crippen LogP contribution in [0.3, 0.4) is 0 Å². The summed E-state index contributed by atoms with van der Waals surface area (Å²) < 4.78 is 13.6. The van der Waals surface area contributed by atoms with Crippen molar-refractivity contribution < 1.29 is 14.0 Å². The van der Waals surface area contributed by atoms with Gasteiger partial charge in [0.2, 0.25) is 5.91 Å². The van der Waals surface area contributed by atoms with Gasteiger partial charge in [-0.05, 0) is 50.3 Å². The van der Waals surface area contributed by atoms with E-state index in [0.29, 0.717) is 55.1 Å². The summed E-state index contributed by atoms with van der Waals surface area (Å²) in [7, 11) is 0. The average molecular weight is 424 g/mol. The van der Waals surface area contributed by atoms with Crippen molar-refractivity contribution in [3.05, 3.63) is 63.1 Å². The normalized spacial score (nSPS) is 21.0. The molecule has 8 heteroatoms. The molecule has 3 aliphatic rings. The molecule has 1 saturated heterocycles. The molecule has 1 aromatic heterocycles. The lowest BCUT2D eigenvalue weighted by Gasteiger charge is -2.36. The summed E-state index contributed by atoms with van der Waals surface area (Å²) in [6, 6.07) is 5.32. The van der Waals surface area contributed by atoms with Gasteiger partial charge >= 0.3 is 0 Å². The molecule has 1 aromatic carbocycles. The summed E-state index contributed by atoms with van der Waals surface area (Å²) in [5.41, 5.74) is 1.31. The van der Waals surface area contributed by atoms with Gasteiger partial charge < -0.3 is 14.8 Å². The SMILES string of the molecule is O=C(C1CC1)N1CCc2nc([C@@H]3CCCCN3C(=O)c3cccc(F)c3)[nH]c(=O)c2C1. The predicted octanol–water partition coefficient (Wildman–Crippen LogP) is 2.57. The Morgan fingerprint density at radius 3 is 2.74 bits per heavy atom. The molecule has 2 aliphatic heterocycles. The van der Waals surface area contributed by atoms with Crippen LogP contribution in [0, 0.1) is 11.7 Å². The molecule has 2 aromatic rings. The highest BCUT2D eigenvalue weighted by molar-refractivity contribution is 5.94. The molecule has 0 spiro atoms. The molecule has 162 valence electrons. The predicted molar refractivity (Wildman–Crippen MR) is 111 cm³/mol. The minimum Gasteiger partial charge on any atom is -0.337 e. The first-order valence-corrected chi connectivity index (χ1v) is 11.0. The molecule has 0 bridgehead atoms. The molecule has 2 amide bonds. The van der Waals surface area contributed by atoms with E-state index >= 15 is 0 Å². The number of H-pyrrole nitrogens is 1. The topological polar surface area (TPSA) is 86.4 Å². The summed E-state index contributed by atoms with van der Waals surface area (Å²) in [6.07, 6.45) is 4.87. The molecule has 5 rings (SSSR count). The maximum atomic E-state index is 13.6. The largest absolute Gasteiger partial charge is 0.337 e. The van der Waals surface area contributed by atoms with Crippen LogP contribution < -0.4 is 5.56 Å². The molecule has 0 unspecified atom stereocenters. The number of rotatable bonds is 3. The number of hydrogen-bond donors (Lipinski definition) is 1. The van der Waals surface area contributed by atoms with Gasteiger partial charge in [0.15, 0.2) is 0 Å². The van der Waals surface area contributed by atoms with Gasteiger partial charge in [-0.3, -0.25) is 14.4 Å². The third-order valence-corrected chi connectivity index (χ3v) is 6.48. The van der Waals surface area contributed by atoms with Crippen LogP contribution in [0.2, 0.25) is 0 Å². The maximum absolute atomic E-state index is 13.6. The van der Waals surface area contributed by atoms with Gasteiger partial charge in [-0.1, -0.05) is 6.07 Å². The molecule has 1 N–H and O–H groups in total. The second kappa shape index (κ2) is 7.90. The summed E-state index contributed by atoms with van der Waals surface area (Å²) in [4.78, 5) is 49.4. The molecule has 1 atom stereocenters. The minimum absolute atomic E-state index is 0.123. The zero-order valence-corrected chi connectivity index (χ0v) is 17.3. The number of aromatic nitrogens is 2. The van der Waals surface area contributed by atoms with Crippen LogP contribution in [0.25, 0.3) is 0 Å². The van der Waals surface area contributed by atoms with Crippen molar-refractivity contribution in [1.82, 2.24) is 19.8 Å². The van der Waals surface area contributed by atoms with E-state index in [-0.39, 0.29) is 29.3 Å². The summed E-state index contributed by atoms with van der Waals surface area (Å²) in [6.45, 7) is 1.39. The van der Waals surface area contributed by atoms with E-state index in [0.717, 1.165) is 25.7 Å². The van der Waals surface area contributed by atoms with Crippen molar-refractivity contribution in [2.24, 2.45) is 5.92 Å². The van der Waals surface area contributed by atoms with Crippen molar-refractivity contribution >= 4 is 11.8 Å². The Kier molecular flexibility index (Phi) is 5.08. The van der Waals surface area contributed by atoms with Crippen molar-refractivity contribution in [3.63, 3.8) is 0 Å². The van der Waals surface area contributed by atoms with E-state index in [2.05, 4.69) is 4.98 Å². The summed E-state index contributed by atoms with van der Waals surface area (Å²) >= 11 is 0. The molecule has 2 fully saturated rings. The first-order chi connectivity index (χ1) is 15.0. The highest BCUT2D eigenvalue weighted by Crippen LogP contribution is 2.33. The highest BCUT2D eigenvalue weighted by Gasteiger charge is 2.36. The Morgan fingerprint density at radius 2 is 1.97 bits per heavy atom. The number of aromatic amines is 1. The van der Waals surface area contributed by atoms with E-state index in [1.165, 1.54) is 18.2 Å². The summed E-state index contributed by atoms with van der Waals surface area (Å²) in [5.74, 6) is 0.0248. The van der Waals surface area contributed by atoms with E-state index in [1.807, 2.05) is 0 Å². The maximum Gasteiger partial charge on any atom is 0.256 e. The third kappa shape index (κ3) is 3.86. The Balaban J connectivity index is 1.42. The van der Waals surface area contributed by atoms with Crippen LogP contribution >= 0.6 is 0 Å². The standard InChI is InChI=1S/C23H25FN4O3/c24-16-5-3-4-15(12-16)23(31)28-10-2-1-6-19(28)20-25-18-9-11-27(22(30)14-7-8-14)13-17(18)21(29)26-20/h3-5,12,14,19H,1-2,6-11,13H2,(H,25,26,29)/t19-/m0/s1. The number of piperidine rings is 1. The lowest BCUT2D eigenvalue weighted by atomic mass is 9.99. The van der Waals surface area contributed by atoms with Crippen LogP contribution in [-0.4, -0.2) is 44.7 Å². The van der Waals surface area contributed by atoms with E-state index in [9.17, 15) is 18.8 Å². The van der Waals surface area contributed by atoms with Gasteiger partial charge in [0.25, 0.3) is 11.5 Å². The van der Waals surface area contributed by atoms with Gasteiger partial charge in [-0.2, -0.15) is 0 Å². The second-order valence-electron chi connectivity index (χ2n) is 8.68. The first kappa shape index (κ1) is 19.9. The third-order valence-electron chi connectivity index (χ3n) is 6.48. The molecule has 3 heterocycles. The van der Waals surface area contributed by atoms with Gasteiger partial charge in [-0.15, -0.1) is 0 Å². The number of nitrogens with one attached hydrogen (secondary N) is 1. The van der Waals surface area contributed by atoms with E-state index < -0.39 is 5.82 Å². The zero-order valence-electron chi connectivity index (χ0n) is 17.3. The molecule has 1 saturated carbocycles. The molecule has 31 heavy (non-hydrogen) atoms. The molecular weight excluding hydrogens is 399 g/mol. The average Bonchev–Trinajstić information content (AvgIpc) is 3.63. The van der Waals surface area contributed by atoms with E-state index in [1.54, 1.807) is 15.9 Å². The zero-order chi connectivity index (χ0) is 21.5.